The Bertz CT molecular complexity index is 250. The minimum absolute atomic E-state index is 0.343. The van der Waals surface area contributed by atoms with Crippen LogP contribution in [0.1, 0.15) is 26.2 Å². The maximum absolute atomic E-state index is 11.4. The van der Waals surface area contributed by atoms with E-state index in [4.69, 9.17) is 10.5 Å². The SMILES string of the molecule is COC(=O)C(C)(N)CCCN(C)C1CCOC1. The average molecular weight is 244 g/mol. The first-order valence-corrected chi connectivity index (χ1v) is 6.12. The number of hydrogen-bond acceptors (Lipinski definition) is 5. The van der Waals surface area contributed by atoms with E-state index in [0.717, 1.165) is 32.6 Å². The van der Waals surface area contributed by atoms with Crippen LogP contribution in [0, 0.1) is 0 Å². The second kappa shape index (κ2) is 6.33. The number of ether oxygens (including phenoxy) is 2. The molecule has 0 aromatic rings. The van der Waals surface area contributed by atoms with E-state index < -0.39 is 5.54 Å². The highest BCUT2D eigenvalue weighted by Crippen LogP contribution is 2.14. The molecule has 100 valence electrons. The van der Waals surface area contributed by atoms with E-state index in [9.17, 15) is 4.79 Å². The van der Waals surface area contributed by atoms with Gasteiger partial charge in [-0.05, 0) is 39.8 Å². The third kappa shape index (κ3) is 4.26. The molecule has 1 rings (SSSR count). The molecule has 1 aliphatic rings. The number of hydrogen-bond donors (Lipinski definition) is 1. The van der Waals surface area contributed by atoms with Crippen LogP contribution in [0.2, 0.25) is 0 Å². The van der Waals surface area contributed by atoms with Gasteiger partial charge >= 0.3 is 5.97 Å². The lowest BCUT2D eigenvalue weighted by molar-refractivity contribution is -0.146. The van der Waals surface area contributed by atoms with Crippen LogP contribution < -0.4 is 5.73 Å². The smallest absolute Gasteiger partial charge is 0.325 e. The van der Waals surface area contributed by atoms with E-state index in [2.05, 4.69) is 16.7 Å². The van der Waals surface area contributed by atoms with Gasteiger partial charge in [-0.2, -0.15) is 0 Å². The molecule has 2 N–H and O–H groups in total. The fourth-order valence-electron chi connectivity index (χ4n) is 2.08. The molecule has 1 heterocycles. The number of nitrogens with zero attached hydrogens (tertiary/aromatic N) is 1. The molecule has 5 nitrogen and oxygen atoms in total. The summed E-state index contributed by atoms with van der Waals surface area (Å²) in [5.41, 5.74) is 5.02. The van der Waals surface area contributed by atoms with Crippen molar-refractivity contribution in [3.05, 3.63) is 0 Å². The van der Waals surface area contributed by atoms with Crippen molar-refractivity contribution in [2.45, 2.75) is 37.8 Å². The van der Waals surface area contributed by atoms with E-state index in [1.165, 1.54) is 7.11 Å². The molecule has 5 heteroatoms. The summed E-state index contributed by atoms with van der Waals surface area (Å²) in [7, 11) is 3.46. The standard InChI is InChI=1S/C12H24N2O3/c1-12(13,11(15)16-3)6-4-7-14(2)10-5-8-17-9-10/h10H,4-9,13H2,1-3H3. The third-order valence-corrected chi connectivity index (χ3v) is 3.39. The summed E-state index contributed by atoms with van der Waals surface area (Å²) < 4.78 is 10.0. The van der Waals surface area contributed by atoms with Crippen LogP contribution in [0.25, 0.3) is 0 Å². The molecule has 1 aliphatic heterocycles. The molecule has 2 atom stereocenters. The Morgan fingerprint density at radius 2 is 2.35 bits per heavy atom. The zero-order valence-electron chi connectivity index (χ0n) is 11.1. The van der Waals surface area contributed by atoms with Crippen LogP contribution in [0.4, 0.5) is 0 Å². The Labute approximate surface area is 103 Å². The summed E-state index contributed by atoms with van der Waals surface area (Å²) in [5.74, 6) is -0.343. The van der Waals surface area contributed by atoms with Gasteiger partial charge in [-0.1, -0.05) is 0 Å². The van der Waals surface area contributed by atoms with E-state index in [0.29, 0.717) is 12.5 Å². The van der Waals surface area contributed by atoms with E-state index in [1.807, 2.05) is 0 Å². The van der Waals surface area contributed by atoms with E-state index in [-0.39, 0.29) is 5.97 Å². The average Bonchev–Trinajstić information content (AvgIpc) is 2.80. The van der Waals surface area contributed by atoms with Crippen molar-refractivity contribution in [2.75, 3.05) is 33.9 Å². The monoisotopic (exact) mass is 244 g/mol. The number of carbonyl (C=O) groups excluding carboxylic acids is 1. The van der Waals surface area contributed by atoms with Crippen molar-refractivity contribution in [3.63, 3.8) is 0 Å². The molecule has 0 amide bonds. The van der Waals surface area contributed by atoms with Crippen LogP contribution in [-0.2, 0) is 14.3 Å². The van der Waals surface area contributed by atoms with Gasteiger partial charge in [0.1, 0.15) is 5.54 Å². The van der Waals surface area contributed by atoms with Gasteiger partial charge in [-0.25, -0.2) is 0 Å². The molecule has 0 aromatic heterocycles. The van der Waals surface area contributed by atoms with Crippen LogP contribution >= 0.6 is 0 Å². The molecular weight excluding hydrogens is 220 g/mol. The second-order valence-corrected chi connectivity index (χ2v) is 5.01. The molecule has 0 aliphatic carbocycles. The van der Waals surface area contributed by atoms with Gasteiger partial charge in [0.25, 0.3) is 0 Å². The van der Waals surface area contributed by atoms with Gasteiger partial charge in [0.05, 0.1) is 13.7 Å². The fourth-order valence-corrected chi connectivity index (χ4v) is 2.08. The lowest BCUT2D eigenvalue weighted by Crippen LogP contribution is -2.46. The zero-order chi connectivity index (χ0) is 12.9. The predicted molar refractivity (Wildman–Crippen MR) is 65.7 cm³/mol. The Morgan fingerprint density at radius 3 is 2.88 bits per heavy atom. The number of nitrogens with two attached hydrogens (primary N) is 1. The molecule has 17 heavy (non-hydrogen) atoms. The van der Waals surface area contributed by atoms with Crippen LogP contribution in [0.3, 0.4) is 0 Å². The van der Waals surface area contributed by atoms with Gasteiger partial charge in [0.15, 0.2) is 0 Å². The normalized spacial score (nSPS) is 23.7. The van der Waals surface area contributed by atoms with Crippen LogP contribution in [0.5, 0.6) is 0 Å². The number of methoxy groups -OCH3 is 1. The molecule has 0 saturated carbocycles. The Hall–Kier alpha value is -0.650. The third-order valence-electron chi connectivity index (χ3n) is 3.39. The number of rotatable bonds is 6. The molecule has 0 bridgehead atoms. The molecule has 0 aromatic carbocycles. The summed E-state index contributed by atoms with van der Waals surface area (Å²) in [6, 6.07) is 0.511. The highest BCUT2D eigenvalue weighted by Gasteiger charge is 2.29. The fraction of sp³-hybridized carbons (Fsp3) is 0.917. The summed E-state index contributed by atoms with van der Waals surface area (Å²) in [5, 5.41) is 0. The van der Waals surface area contributed by atoms with Crippen molar-refractivity contribution in [1.29, 1.82) is 0 Å². The van der Waals surface area contributed by atoms with Crippen LogP contribution in [0.15, 0.2) is 0 Å². The lowest BCUT2D eigenvalue weighted by Gasteiger charge is -2.25. The Kier molecular flexibility index (Phi) is 5.36. The molecular formula is C12H24N2O3. The molecule has 0 spiro atoms. The molecule has 0 radical (unpaired) electrons. The minimum Gasteiger partial charge on any atom is -0.468 e. The maximum atomic E-state index is 11.4. The second-order valence-electron chi connectivity index (χ2n) is 5.01. The lowest BCUT2D eigenvalue weighted by atomic mass is 9.97. The highest BCUT2D eigenvalue weighted by atomic mass is 16.5. The van der Waals surface area contributed by atoms with Gasteiger partial charge in [0, 0.05) is 12.6 Å². The summed E-state index contributed by atoms with van der Waals surface area (Å²) in [6.07, 6.45) is 2.61. The summed E-state index contributed by atoms with van der Waals surface area (Å²) in [6.45, 7) is 4.31. The van der Waals surface area contributed by atoms with Gasteiger partial charge in [-0.3, -0.25) is 4.79 Å². The first-order chi connectivity index (χ1) is 7.97. The molecule has 1 fully saturated rings. The van der Waals surface area contributed by atoms with Gasteiger partial charge in [0.2, 0.25) is 0 Å². The van der Waals surface area contributed by atoms with Crippen molar-refractivity contribution >= 4 is 5.97 Å². The summed E-state index contributed by atoms with van der Waals surface area (Å²) >= 11 is 0. The maximum Gasteiger partial charge on any atom is 0.325 e. The van der Waals surface area contributed by atoms with Gasteiger partial charge in [-0.15, -0.1) is 0 Å². The largest absolute Gasteiger partial charge is 0.468 e. The first-order valence-electron chi connectivity index (χ1n) is 6.12. The van der Waals surface area contributed by atoms with Crippen LogP contribution in [-0.4, -0.2) is 56.4 Å². The first kappa shape index (κ1) is 14.4. The topological polar surface area (TPSA) is 64.8 Å². The number of esters is 1. The van der Waals surface area contributed by atoms with Gasteiger partial charge < -0.3 is 20.1 Å². The molecule has 1 saturated heterocycles. The minimum atomic E-state index is -0.873. The quantitative estimate of drug-likeness (QED) is 0.684. The van der Waals surface area contributed by atoms with E-state index >= 15 is 0 Å². The number of likely N-dealkylation sites (N-methyl/N-ethyl adjacent to an activating group) is 1. The predicted octanol–water partition coefficient (Wildman–Crippen LogP) is 0.378. The van der Waals surface area contributed by atoms with Crippen molar-refractivity contribution in [3.8, 4) is 0 Å². The summed E-state index contributed by atoms with van der Waals surface area (Å²) in [4.78, 5) is 13.7. The van der Waals surface area contributed by atoms with Crippen molar-refractivity contribution in [2.24, 2.45) is 5.73 Å². The van der Waals surface area contributed by atoms with Crippen molar-refractivity contribution in [1.82, 2.24) is 4.90 Å². The zero-order valence-corrected chi connectivity index (χ0v) is 11.1. The Balaban J connectivity index is 2.24. The highest BCUT2D eigenvalue weighted by molar-refractivity contribution is 5.79. The van der Waals surface area contributed by atoms with Crippen molar-refractivity contribution < 1.29 is 14.3 Å². The van der Waals surface area contributed by atoms with E-state index in [1.54, 1.807) is 6.92 Å². The Morgan fingerprint density at radius 1 is 1.65 bits per heavy atom. The number of carbonyl (C=O) groups is 1. The molecule has 2 unspecified atom stereocenters.